The van der Waals surface area contributed by atoms with Gasteiger partial charge in [0.05, 0.1) is 5.52 Å². The molecule has 2 aromatic carbocycles. The molecule has 3 aliphatic rings. The highest BCUT2D eigenvalue weighted by molar-refractivity contribution is 6.30. The molecule has 3 atom stereocenters. The Kier molecular flexibility index (Phi) is 4.82. The first kappa shape index (κ1) is 19.7. The monoisotopic (exact) mass is 432 g/mol. The van der Waals surface area contributed by atoms with Gasteiger partial charge in [0.1, 0.15) is 12.3 Å². The van der Waals surface area contributed by atoms with E-state index in [4.69, 9.17) is 21.3 Å². The zero-order valence-electron chi connectivity index (χ0n) is 18.3. The van der Waals surface area contributed by atoms with Crippen LogP contribution in [-0.4, -0.2) is 22.5 Å². The van der Waals surface area contributed by atoms with E-state index in [2.05, 4.69) is 43.0 Å². The molecule has 0 amide bonds. The summed E-state index contributed by atoms with van der Waals surface area (Å²) in [6, 6.07) is 13.3. The Labute approximate surface area is 189 Å². The van der Waals surface area contributed by atoms with Crippen LogP contribution in [0.2, 0.25) is 5.02 Å². The molecule has 0 radical (unpaired) electrons. The fourth-order valence-corrected chi connectivity index (χ4v) is 6.27. The number of fused-ring (bicyclic) bond motifs is 3. The van der Waals surface area contributed by atoms with Gasteiger partial charge in [-0.3, -0.25) is 9.88 Å². The van der Waals surface area contributed by atoms with Gasteiger partial charge in [-0.15, -0.1) is 0 Å². The van der Waals surface area contributed by atoms with Crippen LogP contribution in [0.5, 0.6) is 0 Å². The highest BCUT2D eigenvalue weighted by Gasteiger charge is 2.46. The molecular formula is C27H29ClN2O. The van der Waals surface area contributed by atoms with Gasteiger partial charge < -0.3 is 4.74 Å². The van der Waals surface area contributed by atoms with Gasteiger partial charge in [-0.1, -0.05) is 41.8 Å². The van der Waals surface area contributed by atoms with Crippen LogP contribution in [0, 0.1) is 13.8 Å². The predicted octanol–water partition coefficient (Wildman–Crippen LogP) is 6.62. The lowest BCUT2D eigenvalue weighted by molar-refractivity contribution is -0.00339. The maximum atomic E-state index is 6.99. The molecule has 3 aromatic rings. The molecule has 3 nitrogen and oxygen atoms in total. The number of hydrogen-bond donors (Lipinski definition) is 0. The molecule has 4 heteroatoms. The highest BCUT2D eigenvalue weighted by atomic mass is 35.5. The van der Waals surface area contributed by atoms with Gasteiger partial charge in [-0.2, -0.15) is 0 Å². The van der Waals surface area contributed by atoms with Gasteiger partial charge in [0, 0.05) is 28.7 Å². The summed E-state index contributed by atoms with van der Waals surface area (Å²) in [6.07, 6.45) is 7.22. The molecule has 2 aliphatic heterocycles. The third kappa shape index (κ3) is 3.21. The van der Waals surface area contributed by atoms with Gasteiger partial charge in [-0.25, -0.2) is 0 Å². The van der Waals surface area contributed by atoms with E-state index in [-0.39, 0.29) is 12.3 Å². The normalized spacial score (nSPS) is 25.7. The average molecular weight is 433 g/mol. The van der Waals surface area contributed by atoms with Crippen LogP contribution < -0.4 is 0 Å². The highest BCUT2D eigenvalue weighted by Crippen LogP contribution is 2.49. The van der Waals surface area contributed by atoms with Crippen molar-refractivity contribution >= 4 is 22.5 Å². The molecular weight excluding hydrogens is 404 g/mol. The Hall–Kier alpha value is -1.94. The molecule has 0 spiro atoms. The zero-order valence-corrected chi connectivity index (χ0v) is 19.1. The van der Waals surface area contributed by atoms with E-state index in [1.165, 1.54) is 70.1 Å². The van der Waals surface area contributed by atoms with Crippen LogP contribution in [0.4, 0.5) is 0 Å². The second-order valence-electron chi connectivity index (χ2n) is 9.54. The van der Waals surface area contributed by atoms with Gasteiger partial charge >= 0.3 is 0 Å². The number of piperidine rings is 1. The van der Waals surface area contributed by atoms with Crippen LogP contribution in [0.3, 0.4) is 0 Å². The van der Waals surface area contributed by atoms with E-state index >= 15 is 0 Å². The Balaban J connectivity index is 1.53. The summed E-state index contributed by atoms with van der Waals surface area (Å²) in [5, 5.41) is 2.09. The predicted molar refractivity (Wildman–Crippen MR) is 126 cm³/mol. The molecule has 2 saturated heterocycles. The molecule has 0 saturated carbocycles. The summed E-state index contributed by atoms with van der Waals surface area (Å²) >= 11 is 6.18. The van der Waals surface area contributed by atoms with Gasteiger partial charge in [-0.05, 0) is 86.4 Å². The second kappa shape index (κ2) is 7.58. The number of aryl methyl sites for hydroxylation is 3. The number of nitrogens with zero attached hydrogens (tertiary/aromatic N) is 2. The third-order valence-corrected chi connectivity index (χ3v) is 7.71. The molecule has 2 fully saturated rings. The lowest BCUT2D eigenvalue weighted by Crippen LogP contribution is -2.38. The number of ether oxygens (including phenoxy) is 1. The molecule has 160 valence electrons. The average Bonchev–Trinajstić information content (AvgIpc) is 3.38. The summed E-state index contributed by atoms with van der Waals surface area (Å²) in [5.41, 5.74) is 9.15. The SMILES string of the molecule is Cc1cc(C)c2nc3c(c([C@H]4OC(c5ccc(Cl)cc5)N5CCCC[C@H]45)c2c1)CCC3. The van der Waals surface area contributed by atoms with E-state index < -0.39 is 0 Å². The first-order valence-corrected chi connectivity index (χ1v) is 12.1. The number of rotatable bonds is 2. The summed E-state index contributed by atoms with van der Waals surface area (Å²) in [6.45, 7) is 5.49. The van der Waals surface area contributed by atoms with Crippen LogP contribution in [0.15, 0.2) is 36.4 Å². The van der Waals surface area contributed by atoms with E-state index in [1.54, 1.807) is 0 Å². The Bertz CT molecular complexity index is 1160. The molecule has 1 aliphatic carbocycles. The molecule has 1 aromatic heterocycles. The van der Waals surface area contributed by atoms with Crippen molar-refractivity contribution in [1.29, 1.82) is 0 Å². The van der Waals surface area contributed by atoms with E-state index in [9.17, 15) is 0 Å². The Morgan fingerprint density at radius 3 is 2.71 bits per heavy atom. The van der Waals surface area contributed by atoms with Crippen LogP contribution >= 0.6 is 11.6 Å². The molecule has 1 unspecified atom stereocenters. The second-order valence-corrected chi connectivity index (χ2v) is 9.98. The first-order chi connectivity index (χ1) is 15.1. The summed E-state index contributed by atoms with van der Waals surface area (Å²) in [4.78, 5) is 7.74. The number of pyridine rings is 1. The lowest BCUT2D eigenvalue weighted by atomic mass is 9.88. The smallest absolute Gasteiger partial charge is 0.138 e. The maximum Gasteiger partial charge on any atom is 0.138 e. The lowest BCUT2D eigenvalue weighted by Gasteiger charge is -2.33. The maximum absolute atomic E-state index is 6.99. The van der Waals surface area contributed by atoms with Crippen molar-refractivity contribution in [3.8, 4) is 0 Å². The first-order valence-electron chi connectivity index (χ1n) is 11.7. The van der Waals surface area contributed by atoms with Crippen molar-refractivity contribution < 1.29 is 4.74 Å². The fraction of sp³-hybridized carbons (Fsp3) is 0.444. The van der Waals surface area contributed by atoms with Crippen LogP contribution in [-0.2, 0) is 17.6 Å². The number of halogens is 1. The quantitative estimate of drug-likeness (QED) is 0.455. The van der Waals surface area contributed by atoms with Crippen LogP contribution in [0.25, 0.3) is 10.9 Å². The summed E-state index contributed by atoms with van der Waals surface area (Å²) in [5.74, 6) is 0. The van der Waals surface area contributed by atoms with Crippen molar-refractivity contribution in [3.05, 3.63) is 74.9 Å². The minimum absolute atomic E-state index is 0.00117. The van der Waals surface area contributed by atoms with E-state index in [0.717, 1.165) is 24.4 Å². The topological polar surface area (TPSA) is 25.4 Å². The van der Waals surface area contributed by atoms with E-state index in [0.29, 0.717) is 6.04 Å². The zero-order chi connectivity index (χ0) is 21.1. The van der Waals surface area contributed by atoms with Gasteiger partial charge in [0.25, 0.3) is 0 Å². The van der Waals surface area contributed by atoms with Gasteiger partial charge in [0.15, 0.2) is 0 Å². The van der Waals surface area contributed by atoms with Gasteiger partial charge in [0.2, 0.25) is 0 Å². The van der Waals surface area contributed by atoms with Crippen molar-refractivity contribution in [2.45, 2.75) is 70.7 Å². The van der Waals surface area contributed by atoms with E-state index in [1.807, 2.05) is 12.1 Å². The minimum Gasteiger partial charge on any atom is -0.349 e. The van der Waals surface area contributed by atoms with Crippen molar-refractivity contribution in [2.75, 3.05) is 6.54 Å². The van der Waals surface area contributed by atoms with Crippen molar-refractivity contribution in [2.24, 2.45) is 0 Å². The largest absolute Gasteiger partial charge is 0.349 e. The van der Waals surface area contributed by atoms with Crippen LogP contribution in [0.1, 0.15) is 71.5 Å². The summed E-state index contributed by atoms with van der Waals surface area (Å²) in [7, 11) is 0. The third-order valence-electron chi connectivity index (χ3n) is 7.45. The fourth-order valence-electron chi connectivity index (χ4n) is 6.14. The number of benzene rings is 2. The van der Waals surface area contributed by atoms with Crippen molar-refractivity contribution in [1.82, 2.24) is 9.88 Å². The molecule has 0 bridgehead atoms. The Morgan fingerprint density at radius 2 is 1.87 bits per heavy atom. The minimum atomic E-state index is -0.00117. The summed E-state index contributed by atoms with van der Waals surface area (Å²) < 4.78 is 6.99. The molecule has 31 heavy (non-hydrogen) atoms. The van der Waals surface area contributed by atoms with Crippen molar-refractivity contribution in [3.63, 3.8) is 0 Å². The molecule has 6 rings (SSSR count). The molecule has 0 N–H and O–H groups in total. The number of aromatic nitrogens is 1. The Morgan fingerprint density at radius 1 is 1.03 bits per heavy atom. The number of hydrogen-bond acceptors (Lipinski definition) is 3. The standard InChI is InChI=1S/C27H29ClN2O/c1-16-14-17(2)25-21(15-16)24(20-6-5-7-22(20)29-25)26-23-8-3-4-13-30(23)27(31-26)18-9-11-19(28)12-10-18/h9-12,14-15,23,26-27H,3-8,13H2,1-2H3/t23-,26+,27?/m1/s1. The molecule has 3 heterocycles.